The number of carbonyl (C=O) groups is 2. The van der Waals surface area contributed by atoms with Gasteiger partial charge >= 0.3 is 11.9 Å². The minimum atomic E-state index is -4.39. The van der Waals surface area contributed by atoms with Gasteiger partial charge in [-0.25, -0.2) is 0 Å². The highest BCUT2D eigenvalue weighted by Crippen LogP contribution is 2.38. The minimum absolute atomic E-state index is 0.00738. The molecule has 3 N–H and O–H groups in total. The van der Waals surface area contributed by atoms with Gasteiger partial charge in [0.25, 0.3) is 10.1 Å². The number of aliphatic carboxylic acids is 2. The van der Waals surface area contributed by atoms with E-state index in [2.05, 4.69) is 5.32 Å². The van der Waals surface area contributed by atoms with Gasteiger partial charge in [-0.1, -0.05) is 126 Å². The molecule has 12 heteroatoms. The van der Waals surface area contributed by atoms with Crippen LogP contribution in [-0.4, -0.2) is 43.2 Å². The lowest BCUT2D eigenvalue weighted by Gasteiger charge is -2.39. The van der Waals surface area contributed by atoms with E-state index in [1.165, 1.54) is 12.1 Å². The predicted octanol–water partition coefficient (Wildman–Crippen LogP) is 7.26. The molecule has 0 aromatic heterocycles. The van der Waals surface area contributed by atoms with Crippen LogP contribution in [0.25, 0.3) is 0 Å². The first-order valence-corrected chi connectivity index (χ1v) is 16.4. The standard InChI is InChI=1S/C33H30Cl3NO7S/c34-26-20-27(35)30(28(36)21-26)45(42,43)44-18-10-11-22(31(38)39)19-29(32(40)41)37-33(23-12-4-1-5-13-23,24-14-6-2-7-15-24)25-16-8-3-9-17-25/h1-9,12-17,20-22,29,37H,10-11,18-19H2,(H,38,39)(H,40,41)/t22-,29+/m0/s1. The Hall–Kier alpha value is -3.44. The van der Waals surface area contributed by atoms with Crippen molar-refractivity contribution in [1.82, 2.24) is 5.32 Å². The van der Waals surface area contributed by atoms with Crippen LogP contribution in [0.5, 0.6) is 0 Å². The molecule has 4 aromatic rings. The summed E-state index contributed by atoms with van der Waals surface area (Å²) in [6, 6.07) is 29.1. The van der Waals surface area contributed by atoms with Crippen molar-refractivity contribution in [2.75, 3.05) is 6.61 Å². The summed E-state index contributed by atoms with van der Waals surface area (Å²) in [5.74, 6) is -3.61. The molecule has 0 aliphatic rings. The molecule has 0 aliphatic carbocycles. The number of benzene rings is 4. The second kappa shape index (κ2) is 15.2. The van der Waals surface area contributed by atoms with E-state index >= 15 is 0 Å². The maximum absolute atomic E-state index is 12.8. The van der Waals surface area contributed by atoms with E-state index < -0.39 is 44.5 Å². The first-order chi connectivity index (χ1) is 21.5. The summed E-state index contributed by atoms with van der Waals surface area (Å²) in [4.78, 5) is 24.6. The van der Waals surface area contributed by atoms with E-state index in [0.29, 0.717) is 0 Å². The summed E-state index contributed by atoms with van der Waals surface area (Å²) >= 11 is 17.9. The van der Waals surface area contributed by atoms with Gasteiger partial charge in [-0.15, -0.1) is 0 Å². The Balaban J connectivity index is 1.59. The monoisotopic (exact) mass is 689 g/mol. The molecular weight excluding hydrogens is 661 g/mol. The first-order valence-electron chi connectivity index (χ1n) is 13.9. The highest BCUT2D eigenvalue weighted by atomic mass is 35.5. The molecule has 0 radical (unpaired) electrons. The van der Waals surface area contributed by atoms with Crippen LogP contribution in [0.1, 0.15) is 36.0 Å². The van der Waals surface area contributed by atoms with Gasteiger partial charge in [0.15, 0.2) is 0 Å². The fourth-order valence-corrected chi connectivity index (χ4v) is 7.68. The van der Waals surface area contributed by atoms with Gasteiger partial charge in [0, 0.05) is 5.02 Å². The Morgan fingerprint density at radius 2 is 1.20 bits per heavy atom. The SMILES string of the molecule is O=C(O)[C@@H](CCCOS(=O)(=O)c1c(Cl)cc(Cl)cc1Cl)C[C@@H](NC(c1ccccc1)(c1ccccc1)c1ccccc1)C(=O)O. The number of rotatable bonds is 15. The zero-order valence-corrected chi connectivity index (χ0v) is 26.9. The van der Waals surface area contributed by atoms with E-state index in [1.54, 1.807) is 0 Å². The molecule has 0 amide bonds. The number of hydrogen-bond acceptors (Lipinski definition) is 6. The van der Waals surface area contributed by atoms with Crippen LogP contribution in [0.2, 0.25) is 15.1 Å². The van der Waals surface area contributed by atoms with Crippen molar-refractivity contribution in [3.63, 3.8) is 0 Å². The molecule has 4 aromatic carbocycles. The largest absolute Gasteiger partial charge is 0.481 e. The second-order valence-corrected chi connectivity index (χ2v) is 13.1. The Morgan fingerprint density at radius 3 is 1.60 bits per heavy atom. The van der Waals surface area contributed by atoms with E-state index in [0.717, 1.165) is 16.7 Å². The molecule has 45 heavy (non-hydrogen) atoms. The summed E-state index contributed by atoms with van der Waals surface area (Å²) in [6.45, 7) is -0.380. The van der Waals surface area contributed by atoms with Crippen molar-refractivity contribution < 1.29 is 32.4 Å². The molecule has 0 saturated heterocycles. The molecule has 236 valence electrons. The fraction of sp³-hybridized carbons (Fsp3) is 0.212. The fourth-order valence-electron chi connectivity index (χ4n) is 5.25. The molecule has 2 atom stereocenters. The average molecular weight is 691 g/mol. The van der Waals surface area contributed by atoms with Gasteiger partial charge in [-0.2, -0.15) is 8.42 Å². The Bertz CT molecular complexity index is 1600. The van der Waals surface area contributed by atoms with Crippen molar-refractivity contribution >= 4 is 56.9 Å². The third-order valence-corrected chi connectivity index (χ3v) is 9.78. The Morgan fingerprint density at radius 1 is 0.756 bits per heavy atom. The summed E-state index contributed by atoms with van der Waals surface area (Å²) in [7, 11) is -4.39. The zero-order chi connectivity index (χ0) is 32.6. The lowest BCUT2D eigenvalue weighted by atomic mass is 9.76. The number of hydrogen-bond donors (Lipinski definition) is 3. The third kappa shape index (κ3) is 8.24. The highest BCUT2D eigenvalue weighted by Gasteiger charge is 2.41. The molecule has 0 unspecified atom stereocenters. The van der Waals surface area contributed by atoms with Gasteiger partial charge < -0.3 is 10.2 Å². The number of halogens is 3. The number of carboxylic acid groups (broad SMARTS) is 2. The molecule has 0 aliphatic heterocycles. The third-order valence-electron chi connectivity index (χ3n) is 7.33. The molecule has 0 fully saturated rings. The van der Waals surface area contributed by atoms with Crippen molar-refractivity contribution in [3.05, 3.63) is 135 Å². The Labute approximate surface area is 276 Å². The van der Waals surface area contributed by atoms with E-state index in [-0.39, 0.29) is 40.9 Å². The summed E-state index contributed by atoms with van der Waals surface area (Å²) in [6.07, 6.45) is -0.361. The van der Waals surface area contributed by atoms with Gasteiger partial charge in [0.2, 0.25) is 0 Å². The molecule has 8 nitrogen and oxygen atoms in total. The molecule has 4 rings (SSSR count). The van der Waals surface area contributed by atoms with E-state index in [4.69, 9.17) is 39.0 Å². The van der Waals surface area contributed by atoms with Crippen LogP contribution in [-0.2, 0) is 29.4 Å². The van der Waals surface area contributed by atoms with Crippen LogP contribution >= 0.6 is 34.8 Å². The molecule has 0 saturated carbocycles. The predicted molar refractivity (Wildman–Crippen MR) is 173 cm³/mol. The quantitative estimate of drug-likeness (QED) is 0.0676. The van der Waals surface area contributed by atoms with Crippen LogP contribution in [0.3, 0.4) is 0 Å². The van der Waals surface area contributed by atoms with Gasteiger partial charge in [-0.3, -0.25) is 19.1 Å². The maximum Gasteiger partial charge on any atom is 0.320 e. The van der Waals surface area contributed by atoms with E-state index in [1.807, 2.05) is 91.0 Å². The van der Waals surface area contributed by atoms with Crippen LogP contribution in [0.4, 0.5) is 0 Å². The number of carboxylic acids is 2. The van der Waals surface area contributed by atoms with Crippen molar-refractivity contribution in [1.29, 1.82) is 0 Å². The molecular formula is C33H30Cl3NO7S. The average Bonchev–Trinajstić information content (AvgIpc) is 3.00. The van der Waals surface area contributed by atoms with Gasteiger partial charge in [0.1, 0.15) is 10.9 Å². The molecule has 0 spiro atoms. The molecule has 0 heterocycles. The maximum atomic E-state index is 12.8. The Kier molecular flexibility index (Phi) is 11.7. The number of nitrogens with one attached hydrogen (secondary N) is 1. The molecule has 0 bridgehead atoms. The summed E-state index contributed by atoms with van der Waals surface area (Å²) in [5, 5.41) is 23.5. The van der Waals surface area contributed by atoms with Crippen LogP contribution < -0.4 is 5.32 Å². The van der Waals surface area contributed by atoms with Crippen molar-refractivity contribution in [2.45, 2.75) is 35.7 Å². The van der Waals surface area contributed by atoms with Crippen LogP contribution in [0.15, 0.2) is 108 Å². The van der Waals surface area contributed by atoms with E-state index in [9.17, 15) is 28.2 Å². The zero-order valence-electron chi connectivity index (χ0n) is 23.8. The normalized spacial score (nSPS) is 13.2. The first kappa shape index (κ1) is 34.4. The summed E-state index contributed by atoms with van der Waals surface area (Å²) < 4.78 is 30.6. The lowest BCUT2D eigenvalue weighted by molar-refractivity contribution is -0.144. The minimum Gasteiger partial charge on any atom is -0.481 e. The topological polar surface area (TPSA) is 130 Å². The second-order valence-electron chi connectivity index (χ2n) is 10.3. The smallest absolute Gasteiger partial charge is 0.320 e. The lowest BCUT2D eigenvalue weighted by Crippen LogP contribution is -2.53. The summed E-state index contributed by atoms with van der Waals surface area (Å²) in [5.41, 5.74) is 1.14. The van der Waals surface area contributed by atoms with Crippen molar-refractivity contribution in [3.8, 4) is 0 Å². The highest BCUT2D eigenvalue weighted by molar-refractivity contribution is 7.87. The van der Waals surface area contributed by atoms with Crippen molar-refractivity contribution in [2.24, 2.45) is 5.92 Å². The van der Waals surface area contributed by atoms with Crippen LogP contribution in [0, 0.1) is 5.92 Å². The van der Waals surface area contributed by atoms with Gasteiger partial charge in [0.05, 0.1) is 28.1 Å². The van der Waals surface area contributed by atoms with Gasteiger partial charge in [-0.05, 0) is 48.1 Å².